The second kappa shape index (κ2) is 9.46. The minimum absolute atomic E-state index is 0.0548. The first-order chi connectivity index (χ1) is 15.6. The topological polar surface area (TPSA) is 9.23 Å². The number of fused-ring (bicyclic) bond motifs is 1. The standard InChI is InChI=1S/C28H29F3OS/c1-17(2)22-11-8-12-23(18(3)4)27(22)33-25-16-20-15-21(28(29,30)31)13-14-24(20)32-26(25)19-9-6-5-7-10-19/h5-15,17-18,25-26H,16H2,1-4H3/t25-,26+/m1/s1. The van der Waals surface area contributed by atoms with E-state index >= 15 is 0 Å². The molecule has 0 saturated heterocycles. The highest BCUT2D eigenvalue weighted by Gasteiger charge is 2.36. The van der Waals surface area contributed by atoms with E-state index in [9.17, 15) is 13.2 Å². The SMILES string of the molecule is CC(C)c1cccc(C(C)C)c1S[C@@H]1Cc2cc(C(F)(F)F)ccc2O[C@H]1c1ccccc1. The predicted octanol–water partition coefficient (Wildman–Crippen LogP) is 8.79. The van der Waals surface area contributed by atoms with Crippen LogP contribution in [0.4, 0.5) is 13.2 Å². The number of ether oxygens (including phenoxy) is 1. The van der Waals surface area contributed by atoms with Crippen LogP contribution in [0.2, 0.25) is 0 Å². The van der Waals surface area contributed by atoms with Crippen molar-refractivity contribution in [1.82, 2.24) is 0 Å². The van der Waals surface area contributed by atoms with Gasteiger partial charge < -0.3 is 4.74 Å². The molecule has 3 aromatic rings. The number of benzene rings is 3. The first-order valence-electron chi connectivity index (χ1n) is 11.4. The summed E-state index contributed by atoms with van der Waals surface area (Å²) in [6, 6.07) is 20.2. The molecule has 0 saturated carbocycles. The van der Waals surface area contributed by atoms with Crippen molar-refractivity contribution in [2.45, 2.75) is 68.4 Å². The third-order valence-electron chi connectivity index (χ3n) is 6.12. The third-order valence-corrected chi connectivity index (χ3v) is 7.54. The molecule has 4 rings (SSSR count). The summed E-state index contributed by atoms with van der Waals surface area (Å²) in [5.74, 6) is 1.22. The summed E-state index contributed by atoms with van der Waals surface area (Å²) >= 11 is 1.75. The lowest BCUT2D eigenvalue weighted by Gasteiger charge is -2.35. The van der Waals surface area contributed by atoms with E-state index in [1.165, 1.54) is 28.2 Å². The van der Waals surface area contributed by atoms with E-state index in [1.54, 1.807) is 11.8 Å². The molecule has 0 bridgehead atoms. The largest absolute Gasteiger partial charge is 0.484 e. The lowest BCUT2D eigenvalue weighted by molar-refractivity contribution is -0.137. The fraction of sp³-hybridized carbons (Fsp3) is 0.357. The molecule has 1 heterocycles. The van der Waals surface area contributed by atoms with Gasteiger partial charge in [0, 0.05) is 4.90 Å². The van der Waals surface area contributed by atoms with Crippen LogP contribution in [0.5, 0.6) is 5.75 Å². The lowest BCUT2D eigenvalue weighted by Crippen LogP contribution is -2.29. The summed E-state index contributed by atoms with van der Waals surface area (Å²) in [6.07, 6.45) is -4.11. The third kappa shape index (κ3) is 5.08. The Balaban J connectivity index is 1.79. The molecule has 0 N–H and O–H groups in total. The van der Waals surface area contributed by atoms with Gasteiger partial charge in [-0.2, -0.15) is 13.2 Å². The van der Waals surface area contributed by atoms with Gasteiger partial charge >= 0.3 is 6.18 Å². The van der Waals surface area contributed by atoms with Gasteiger partial charge in [0.1, 0.15) is 11.9 Å². The van der Waals surface area contributed by atoms with Gasteiger partial charge in [-0.1, -0.05) is 76.2 Å². The molecule has 5 heteroatoms. The van der Waals surface area contributed by atoms with Crippen molar-refractivity contribution in [1.29, 1.82) is 0 Å². The Morgan fingerprint density at radius 1 is 0.848 bits per heavy atom. The van der Waals surface area contributed by atoms with Gasteiger partial charge in [0.15, 0.2) is 0 Å². The molecule has 33 heavy (non-hydrogen) atoms. The van der Waals surface area contributed by atoms with Crippen molar-refractivity contribution < 1.29 is 17.9 Å². The van der Waals surface area contributed by atoms with Crippen LogP contribution in [0, 0.1) is 0 Å². The maximum atomic E-state index is 13.4. The van der Waals surface area contributed by atoms with Crippen LogP contribution in [0.3, 0.4) is 0 Å². The summed E-state index contributed by atoms with van der Waals surface area (Å²) in [5.41, 5.74) is 3.56. The van der Waals surface area contributed by atoms with Crippen LogP contribution >= 0.6 is 11.8 Å². The minimum Gasteiger partial charge on any atom is -0.484 e. The first kappa shape index (κ1) is 23.7. The molecule has 2 atom stereocenters. The zero-order valence-corrected chi connectivity index (χ0v) is 20.1. The van der Waals surface area contributed by atoms with E-state index in [-0.39, 0.29) is 11.4 Å². The van der Waals surface area contributed by atoms with E-state index in [1.807, 2.05) is 30.3 Å². The summed E-state index contributed by atoms with van der Waals surface area (Å²) in [4.78, 5) is 1.23. The van der Waals surface area contributed by atoms with Gasteiger partial charge in [0.05, 0.1) is 10.8 Å². The van der Waals surface area contributed by atoms with Gasteiger partial charge in [0.2, 0.25) is 0 Å². The number of halogens is 3. The summed E-state index contributed by atoms with van der Waals surface area (Å²) in [7, 11) is 0. The molecule has 3 aromatic carbocycles. The molecule has 0 fully saturated rings. The van der Waals surface area contributed by atoms with Crippen LogP contribution < -0.4 is 4.74 Å². The molecule has 1 aliphatic rings. The van der Waals surface area contributed by atoms with Crippen LogP contribution in [0.25, 0.3) is 0 Å². The van der Waals surface area contributed by atoms with Crippen molar-refractivity contribution in [3.05, 3.63) is 94.5 Å². The quantitative estimate of drug-likeness (QED) is 0.368. The molecule has 0 spiro atoms. The average Bonchev–Trinajstić information content (AvgIpc) is 2.78. The fourth-order valence-corrected chi connectivity index (χ4v) is 6.15. The Hall–Kier alpha value is -2.40. The van der Waals surface area contributed by atoms with Crippen molar-refractivity contribution in [2.75, 3.05) is 0 Å². The smallest absolute Gasteiger partial charge is 0.416 e. The normalized spacial score (nSPS) is 18.3. The Morgan fingerprint density at radius 3 is 2.06 bits per heavy atom. The first-order valence-corrected chi connectivity index (χ1v) is 12.2. The zero-order valence-electron chi connectivity index (χ0n) is 19.3. The molecule has 0 aromatic heterocycles. The highest BCUT2D eigenvalue weighted by Crippen LogP contribution is 2.47. The Kier molecular flexibility index (Phi) is 6.81. The van der Waals surface area contributed by atoms with Crippen molar-refractivity contribution >= 4 is 11.8 Å². The van der Waals surface area contributed by atoms with E-state index in [0.29, 0.717) is 29.6 Å². The van der Waals surface area contributed by atoms with E-state index in [2.05, 4.69) is 45.9 Å². The maximum absolute atomic E-state index is 13.4. The highest BCUT2D eigenvalue weighted by molar-refractivity contribution is 8.00. The van der Waals surface area contributed by atoms with Gasteiger partial charge in [-0.15, -0.1) is 11.8 Å². The zero-order chi connectivity index (χ0) is 23.8. The second-order valence-corrected chi connectivity index (χ2v) is 10.5. The van der Waals surface area contributed by atoms with Crippen LogP contribution in [0.15, 0.2) is 71.6 Å². The Labute approximate surface area is 198 Å². The molecule has 0 radical (unpaired) electrons. The molecule has 0 aliphatic carbocycles. The molecular formula is C28H29F3OS. The summed E-state index contributed by atoms with van der Waals surface area (Å²) in [6.45, 7) is 8.72. The number of rotatable bonds is 5. The molecule has 174 valence electrons. The molecule has 1 nitrogen and oxygen atoms in total. The van der Waals surface area contributed by atoms with Crippen molar-refractivity contribution in [2.24, 2.45) is 0 Å². The lowest BCUT2D eigenvalue weighted by atomic mass is 9.95. The highest BCUT2D eigenvalue weighted by atomic mass is 32.2. The Bertz CT molecular complexity index is 1080. The molecule has 0 unspecified atom stereocenters. The van der Waals surface area contributed by atoms with Gasteiger partial charge in [0.25, 0.3) is 0 Å². The minimum atomic E-state index is -4.37. The summed E-state index contributed by atoms with van der Waals surface area (Å²) in [5, 5.41) is -0.0548. The summed E-state index contributed by atoms with van der Waals surface area (Å²) < 4.78 is 46.5. The maximum Gasteiger partial charge on any atom is 0.416 e. The molecule has 0 amide bonds. The van der Waals surface area contributed by atoms with Crippen LogP contribution in [-0.4, -0.2) is 5.25 Å². The Morgan fingerprint density at radius 2 is 1.48 bits per heavy atom. The molecular weight excluding hydrogens is 441 g/mol. The van der Waals surface area contributed by atoms with Crippen LogP contribution in [-0.2, 0) is 12.6 Å². The van der Waals surface area contributed by atoms with E-state index in [4.69, 9.17) is 4.74 Å². The van der Waals surface area contributed by atoms with Gasteiger partial charge in [-0.3, -0.25) is 0 Å². The number of hydrogen-bond acceptors (Lipinski definition) is 2. The number of thioether (sulfide) groups is 1. The molecule has 1 aliphatic heterocycles. The van der Waals surface area contributed by atoms with E-state index in [0.717, 1.165) is 11.6 Å². The van der Waals surface area contributed by atoms with Gasteiger partial charge in [-0.05, 0) is 58.7 Å². The van der Waals surface area contributed by atoms with Crippen LogP contribution in [0.1, 0.15) is 73.5 Å². The van der Waals surface area contributed by atoms with Gasteiger partial charge in [-0.25, -0.2) is 0 Å². The number of hydrogen-bond donors (Lipinski definition) is 0. The van der Waals surface area contributed by atoms with Crippen molar-refractivity contribution in [3.63, 3.8) is 0 Å². The number of alkyl halides is 3. The average molecular weight is 471 g/mol. The fourth-order valence-electron chi connectivity index (χ4n) is 4.37. The van der Waals surface area contributed by atoms with Crippen molar-refractivity contribution in [3.8, 4) is 5.75 Å². The second-order valence-electron chi connectivity index (χ2n) is 9.20. The monoisotopic (exact) mass is 470 g/mol. The van der Waals surface area contributed by atoms with E-state index < -0.39 is 11.7 Å². The predicted molar refractivity (Wildman–Crippen MR) is 129 cm³/mol.